The van der Waals surface area contributed by atoms with Gasteiger partial charge in [-0.3, -0.25) is 14.5 Å². The molecular formula is C21H25N3O2S. The maximum atomic E-state index is 12.4. The molecule has 0 bridgehead atoms. The second kappa shape index (κ2) is 8.21. The Morgan fingerprint density at radius 2 is 1.96 bits per heavy atom. The van der Waals surface area contributed by atoms with Crippen LogP contribution < -0.4 is 10.2 Å². The molecule has 1 aliphatic heterocycles. The number of nitrogens with one attached hydrogen (secondary N) is 1. The molecule has 27 heavy (non-hydrogen) atoms. The van der Waals surface area contributed by atoms with E-state index in [0.717, 1.165) is 49.5 Å². The number of carbonyl (C=O) groups is 2. The van der Waals surface area contributed by atoms with E-state index in [1.807, 2.05) is 5.38 Å². The average molecular weight is 384 g/mol. The van der Waals surface area contributed by atoms with Crippen LogP contribution in [0.25, 0.3) is 0 Å². The van der Waals surface area contributed by atoms with Gasteiger partial charge in [-0.2, -0.15) is 0 Å². The van der Waals surface area contributed by atoms with Gasteiger partial charge in [-0.25, -0.2) is 4.98 Å². The van der Waals surface area contributed by atoms with Crippen LogP contribution in [0.5, 0.6) is 0 Å². The second-order valence-corrected chi connectivity index (χ2v) is 8.31. The molecule has 1 aliphatic carbocycles. The molecule has 1 aromatic carbocycles. The summed E-state index contributed by atoms with van der Waals surface area (Å²) in [5, 5.41) is 5.79. The zero-order chi connectivity index (χ0) is 18.6. The van der Waals surface area contributed by atoms with Gasteiger partial charge in [0, 0.05) is 24.4 Å². The Kier molecular flexibility index (Phi) is 5.53. The van der Waals surface area contributed by atoms with Crippen molar-refractivity contribution in [2.24, 2.45) is 0 Å². The monoisotopic (exact) mass is 383 g/mol. The van der Waals surface area contributed by atoms with E-state index in [0.29, 0.717) is 12.3 Å². The summed E-state index contributed by atoms with van der Waals surface area (Å²) < 4.78 is 0. The van der Waals surface area contributed by atoms with Crippen LogP contribution in [0, 0.1) is 0 Å². The van der Waals surface area contributed by atoms with Crippen molar-refractivity contribution in [2.75, 3.05) is 11.4 Å². The molecule has 6 heteroatoms. The number of hydrogen-bond donors (Lipinski definition) is 1. The Bertz CT molecular complexity index is 797. The van der Waals surface area contributed by atoms with Crippen molar-refractivity contribution >= 4 is 28.3 Å². The van der Waals surface area contributed by atoms with Crippen LogP contribution in [-0.2, 0) is 16.0 Å². The lowest BCUT2D eigenvalue weighted by Crippen LogP contribution is -2.38. The van der Waals surface area contributed by atoms with E-state index in [4.69, 9.17) is 0 Å². The predicted octanol–water partition coefficient (Wildman–Crippen LogP) is 3.66. The van der Waals surface area contributed by atoms with Crippen molar-refractivity contribution in [2.45, 2.75) is 56.9 Å². The highest BCUT2D eigenvalue weighted by Gasteiger charge is 2.26. The van der Waals surface area contributed by atoms with Crippen LogP contribution in [0.2, 0.25) is 0 Å². The van der Waals surface area contributed by atoms with Crippen LogP contribution in [0.4, 0.5) is 5.13 Å². The minimum atomic E-state index is 0.0303. The number of thiazole rings is 1. The van der Waals surface area contributed by atoms with Crippen molar-refractivity contribution in [1.29, 1.82) is 0 Å². The van der Waals surface area contributed by atoms with Crippen molar-refractivity contribution in [1.82, 2.24) is 10.3 Å². The van der Waals surface area contributed by atoms with Gasteiger partial charge in [-0.15, -0.1) is 11.3 Å². The molecule has 2 heterocycles. The number of carbonyl (C=O) groups excluding carboxylic acids is 2. The lowest BCUT2D eigenvalue weighted by atomic mass is 9.82. The van der Waals surface area contributed by atoms with E-state index in [2.05, 4.69) is 40.6 Å². The third-order valence-electron chi connectivity index (χ3n) is 5.55. The van der Waals surface area contributed by atoms with E-state index in [1.165, 1.54) is 16.9 Å². The Balaban J connectivity index is 1.26. The summed E-state index contributed by atoms with van der Waals surface area (Å²) in [5.41, 5.74) is 2.17. The van der Waals surface area contributed by atoms with Gasteiger partial charge in [0.2, 0.25) is 11.8 Å². The van der Waals surface area contributed by atoms with Crippen molar-refractivity contribution in [3.63, 3.8) is 0 Å². The standard InChI is InChI=1S/C21H25N3O2S/c25-19(13-18-14-27-21(23-18)24-12-4-7-20(24)26)22-17-10-8-16(9-11-17)15-5-2-1-3-6-15/h1-3,5-6,14,16-17H,4,7-13H2,(H,22,25). The normalized spacial score (nSPS) is 22.8. The van der Waals surface area contributed by atoms with E-state index in [1.54, 1.807) is 4.90 Å². The molecule has 2 aromatic rings. The van der Waals surface area contributed by atoms with Crippen molar-refractivity contribution in [3.05, 3.63) is 47.0 Å². The first-order valence-corrected chi connectivity index (χ1v) is 10.7. The smallest absolute Gasteiger partial charge is 0.228 e. The van der Waals surface area contributed by atoms with Gasteiger partial charge in [0.05, 0.1) is 12.1 Å². The van der Waals surface area contributed by atoms with E-state index >= 15 is 0 Å². The summed E-state index contributed by atoms with van der Waals surface area (Å²) in [6, 6.07) is 10.9. The summed E-state index contributed by atoms with van der Waals surface area (Å²) in [7, 11) is 0. The van der Waals surface area contributed by atoms with Crippen LogP contribution in [0.3, 0.4) is 0 Å². The van der Waals surface area contributed by atoms with Gasteiger partial charge in [0.15, 0.2) is 5.13 Å². The Morgan fingerprint density at radius 1 is 1.19 bits per heavy atom. The highest BCUT2D eigenvalue weighted by molar-refractivity contribution is 7.14. The first-order chi connectivity index (χ1) is 13.2. The fraction of sp³-hybridized carbons (Fsp3) is 0.476. The number of amides is 2. The maximum absolute atomic E-state index is 12.4. The predicted molar refractivity (Wildman–Crippen MR) is 107 cm³/mol. The molecule has 1 saturated heterocycles. The van der Waals surface area contributed by atoms with Crippen LogP contribution >= 0.6 is 11.3 Å². The van der Waals surface area contributed by atoms with E-state index in [9.17, 15) is 9.59 Å². The number of rotatable bonds is 5. The molecule has 2 aliphatic rings. The molecule has 5 nitrogen and oxygen atoms in total. The van der Waals surface area contributed by atoms with Crippen molar-refractivity contribution in [3.8, 4) is 0 Å². The summed E-state index contributed by atoms with van der Waals surface area (Å²) in [4.78, 5) is 30.4. The summed E-state index contributed by atoms with van der Waals surface area (Å²) in [5.74, 6) is 0.775. The minimum Gasteiger partial charge on any atom is -0.353 e. The first kappa shape index (κ1) is 18.2. The fourth-order valence-electron chi connectivity index (χ4n) is 4.09. The molecule has 2 fully saturated rings. The Hall–Kier alpha value is -2.21. The number of anilines is 1. The Labute approximate surface area is 163 Å². The molecule has 0 radical (unpaired) electrons. The minimum absolute atomic E-state index is 0.0303. The molecule has 1 saturated carbocycles. The highest BCUT2D eigenvalue weighted by atomic mass is 32.1. The molecule has 2 amide bonds. The number of benzene rings is 1. The van der Waals surface area contributed by atoms with Gasteiger partial charge in [0.1, 0.15) is 0 Å². The molecule has 1 aromatic heterocycles. The molecule has 0 unspecified atom stereocenters. The maximum Gasteiger partial charge on any atom is 0.228 e. The number of nitrogens with zero attached hydrogens (tertiary/aromatic N) is 2. The van der Waals surface area contributed by atoms with Gasteiger partial charge in [0.25, 0.3) is 0 Å². The largest absolute Gasteiger partial charge is 0.353 e. The molecule has 142 valence electrons. The van der Waals surface area contributed by atoms with Gasteiger partial charge in [-0.05, 0) is 43.6 Å². The molecule has 0 atom stereocenters. The van der Waals surface area contributed by atoms with E-state index in [-0.39, 0.29) is 24.3 Å². The fourth-order valence-corrected chi connectivity index (χ4v) is 4.96. The summed E-state index contributed by atoms with van der Waals surface area (Å²) >= 11 is 1.45. The van der Waals surface area contributed by atoms with Crippen LogP contribution in [-0.4, -0.2) is 29.4 Å². The second-order valence-electron chi connectivity index (χ2n) is 7.47. The zero-order valence-corrected chi connectivity index (χ0v) is 16.2. The third-order valence-corrected chi connectivity index (χ3v) is 6.46. The quantitative estimate of drug-likeness (QED) is 0.857. The van der Waals surface area contributed by atoms with Gasteiger partial charge < -0.3 is 5.32 Å². The lowest BCUT2D eigenvalue weighted by Gasteiger charge is -2.29. The average Bonchev–Trinajstić information content (AvgIpc) is 3.31. The van der Waals surface area contributed by atoms with Crippen LogP contribution in [0.15, 0.2) is 35.7 Å². The number of hydrogen-bond acceptors (Lipinski definition) is 4. The lowest BCUT2D eigenvalue weighted by molar-refractivity contribution is -0.121. The zero-order valence-electron chi connectivity index (χ0n) is 15.4. The summed E-state index contributed by atoms with van der Waals surface area (Å²) in [6.07, 6.45) is 6.06. The first-order valence-electron chi connectivity index (χ1n) is 9.78. The van der Waals surface area contributed by atoms with E-state index < -0.39 is 0 Å². The van der Waals surface area contributed by atoms with Gasteiger partial charge in [-0.1, -0.05) is 30.3 Å². The van der Waals surface area contributed by atoms with Gasteiger partial charge >= 0.3 is 0 Å². The third kappa shape index (κ3) is 4.38. The Morgan fingerprint density at radius 3 is 2.67 bits per heavy atom. The highest BCUT2D eigenvalue weighted by Crippen LogP contribution is 2.32. The number of aromatic nitrogens is 1. The molecule has 1 N–H and O–H groups in total. The SMILES string of the molecule is O=C(Cc1csc(N2CCCC2=O)n1)NC1CCC(c2ccccc2)CC1. The van der Waals surface area contributed by atoms with Crippen molar-refractivity contribution < 1.29 is 9.59 Å². The molecular weight excluding hydrogens is 358 g/mol. The molecule has 0 spiro atoms. The van der Waals surface area contributed by atoms with Crippen LogP contribution in [0.1, 0.15) is 55.7 Å². The molecule has 4 rings (SSSR count). The topological polar surface area (TPSA) is 62.3 Å². The summed E-state index contributed by atoms with van der Waals surface area (Å²) in [6.45, 7) is 0.739.